The van der Waals surface area contributed by atoms with Crippen LogP contribution in [0.15, 0.2) is 18.2 Å². The molecule has 2 aliphatic rings. The van der Waals surface area contributed by atoms with Gasteiger partial charge in [-0.2, -0.15) is 0 Å². The average molecular weight is 274 g/mol. The van der Waals surface area contributed by atoms with Crippen molar-refractivity contribution < 1.29 is 5.11 Å². The van der Waals surface area contributed by atoms with E-state index in [9.17, 15) is 5.11 Å². The van der Waals surface area contributed by atoms with Crippen LogP contribution in [0.4, 0.5) is 5.69 Å². The molecule has 0 aromatic heterocycles. The summed E-state index contributed by atoms with van der Waals surface area (Å²) in [5.41, 5.74) is 4.07. The SMILES string of the molecule is CCNCc1cc(C)ccc1N1CC2CCC(O)C2C1. The van der Waals surface area contributed by atoms with E-state index < -0.39 is 0 Å². The Morgan fingerprint density at radius 1 is 1.30 bits per heavy atom. The third-order valence-corrected chi connectivity index (χ3v) is 4.96. The van der Waals surface area contributed by atoms with E-state index in [1.54, 1.807) is 0 Å². The molecule has 3 atom stereocenters. The van der Waals surface area contributed by atoms with Gasteiger partial charge in [-0.1, -0.05) is 24.6 Å². The summed E-state index contributed by atoms with van der Waals surface area (Å²) in [6.45, 7) is 8.37. The van der Waals surface area contributed by atoms with Crippen LogP contribution >= 0.6 is 0 Å². The first kappa shape index (κ1) is 13.9. The number of fused-ring (bicyclic) bond motifs is 1. The van der Waals surface area contributed by atoms with Gasteiger partial charge in [-0.05, 0) is 43.9 Å². The van der Waals surface area contributed by atoms with Gasteiger partial charge in [0.25, 0.3) is 0 Å². The van der Waals surface area contributed by atoms with Gasteiger partial charge >= 0.3 is 0 Å². The topological polar surface area (TPSA) is 35.5 Å². The van der Waals surface area contributed by atoms with Crippen LogP contribution in [0, 0.1) is 18.8 Å². The number of aliphatic hydroxyl groups is 1. The highest BCUT2D eigenvalue weighted by molar-refractivity contribution is 5.56. The van der Waals surface area contributed by atoms with E-state index in [4.69, 9.17) is 0 Å². The van der Waals surface area contributed by atoms with Crippen molar-refractivity contribution in [1.29, 1.82) is 0 Å². The molecule has 110 valence electrons. The molecule has 2 fully saturated rings. The van der Waals surface area contributed by atoms with Gasteiger partial charge in [0.05, 0.1) is 6.10 Å². The number of hydrogen-bond donors (Lipinski definition) is 2. The normalized spacial score (nSPS) is 28.9. The van der Waals surface area contributed by atoms with E-state index in [1.165, 1.54) is 23.2 Å². The zero-order valence-corrected chi connectivity index (χ0v) is 12.6. The summed E-state index contributed by atoms with van der Waals surface area (Å²) in [6, 6.07) is 6.76. The molecule has 1 aromatic carbocycles. The van der Waals surface area contributed by atoms with E-state index in [1.807, 2.05) is 0 Å². The second-order valence-electron chi connectivity index (χ2n) is 6.39. The number of nitrogens with one attached hydrogen (secondary N) is 1. The Bertz CT molecular complexity index is 474. The molecule has 3 heteroatoms. The van der Waals surface area contributed by atoms with Crippen molar-refractivity contribution in [2.24, 2.45) is 11.8 Å². The number of rotatable bonds is 4. The molecular formula is C17H26N2O. The third kappa shape index (κ3) is 2.57. The lowest BCUT2D eigenvalue weighted by molar-refractivity contribution is 0.133. The maximum atomic E-state index is 10.1. The lowest BCUT2D eigenvalue weighted by atomic mass is 10.00. The maximum Gasteiger partial charge on any atom is 0.0588 e. The second kappa shape index (κ2) is 5.74. The van der Waals surface area contributed by atoms with Crippen molar-refractivity contribution in [1.82, 2.24) is 5.32 Å². The zero-order chi connectivity index (χ0) is 14.1. The number of anilines is 1. The van der Waals surface area contributed by atoms with Gasteiger partial charge in [-0.15, -0.1) is 0 Å². The lowest BCUT2D eigenvalue weighted by Gasteiger charge is -2.24. The predicted octanol–water partition coefficient (Wildman–Crippen LogP) is 2.31. The molecule has 1 aliphatic carbocycles. The van der Waals surface area contributed by atoms with E-state index in [2.05, 4.69) is 42.3 Å². The van der Waals surface area contributed by atoms with E-state index in [-0.39, 0.29) is 6.10 Å². The molecule has 0 radical (unpaired) electrons. The van der Waals surface area contributed by atoms with Crippen molar-refractivity contribution >= 4 is 5.69 Å². The fourth-order valence-corrected chi connectivity index (χ4v) is 3.86. The monoisotopic (exact) mass is 274 g/mol. The number of nitrogens with zero attached hydrogens (tertiary/aromatic N) is 1. The van der Waals surface area contributed by atoms with Crippen LogP contribution in [-0.2, 0) is 6.54 Å². The van der Waals surface area contributed by atoms with Gasteiger partial charge in [0.1, 0.15) is 0 Å². The molecule has 1 heterocycles. The Morgan fingerprint density at radius 2 is 2.15 bits per heavy atom. The molecule has 1 aliphatic heterocycles. The van der Waals surface area contributed by atoms with Crippen LogP contribution in [0.3, 0.4) is 0 Å². The van der Waals surface area contributed by atoms with Gasteiger partial charge < -0.3 is 15.3 Å². The summed E-state index contributed by atoms with van der Waals surface area (Å²) in [6.07, 6.45) is 2.12. The summed E-state index contributed by atoms with van der Waals surface area (Å²) >= 11 is 0. The average Bonchev–Trinajstić information content (AvgIpc) is 2.99. The van der Waals surface area contributed by atoms with Crippen LogP contribution in [0.2, 0.25) is 0 Å². The molecule has 2 N–H and O–H groups in total. The van der Waals surface area contributed by atoms with E-state index >= 15 is 0 Å². The Hall–Kier alpha value is -1.06. The Labute approximate surface area is 122 Å². The predicted molar refractivity (Wildman–Crippen MR) is 83.0 cm³/mol. The largest absolute Gasteiger partial charge is 0.393 e. The highest BCUT2D eigenvalue weighted by Crippen LogP contribution is 2.40. The fourth-order valence-electron chi connectivity index (χ4n) is 3.86. The van der Waals surface area contributed by atoms with Crippen molar-refractivity contribution in [2.75, 3.05) is 24.5 Å². The minimum absolute atomic E-state index is 0.0762. The smallest absolute Gasteiger partial charge is 0.0588 e. The quantitative estimate of drug-likeness (QED) is 0.884. The highest BCUT2D eigenvalue weighted by Gasteiger charge is 2.42. The second-order valence-corrected chi connectivity index (χ2v) is 6.39. The molecule has 3 unspecified atom stereocenters. The number of aliphatic hydroxyl groups excluding tert-OH is 1. The molecule has 0 amide bonds. The minimum atomic E-state index is -0.0762. The van der Waals surface area contributed by atoms with Crippen molar-refractivity contribution in [3.8, 4) is 0 Å². The standard InChI is InChI=1S/C17H26N2O/c1-3-18-9-14-8-12(2)4-6-16(14)19-10-13-5-7-17(20)15(13)11-19/h4,6,8,13,15,17-18,20H,3,5,7,9-11H2,1-2H3. The number of hydrogen-bond acceptors (Lipinski definition) is 3. The third-order valence-electron chi connectivity index (χ3n) is 4.96. The highest BCUT2D eigenvalue weighted by atomic mass is 16.3. The van der Waals surface area contributed by atoms with Crippen LogP contribution in [0.1, 0.15) is 30.9 Å². The summed E-state index contributed by atoms with van der Waals surface area (Å²) in [5.74, 6) is 1.18. The van der Waals surface area contributed by atoms with Crippen LogP contribution in [0.5, 0.6) is 0 Å². The summed E-state index contributed by atoms with van der Waals surface area (Å²) in [7, 11) is 0. The first-order chi connectivity index (χ1) is 9.69. The lowest BCUT2D eigenvalue weighted by Crippen LogP contribution is -2.26. The number of benzene rings is 1. The molecule has 1 saturated carbocycles. The zero-order valence-electron chi connectivity index (χ0n) is 12.6. The van der Waals surface area contributed by atoms with Gasteiger partial charge in [-0.3, -0.25) is 0 Å². The van der Waals surface area contributed by atoms with Crippen molar-refractivity contribution in [3.05, 3.63) is 29.3 Å². The summed E-state index contributed by atoms with van der Waals surface area (Å²) in [4.78, 5) is 2.49. The first-order valence-corrected chi connectivity index (χ1v) is 7.92. The molecule has 1 aromatic rings. The Balaban J connectivity index is 1.80. The van der Waals surface area contributed by atoms with Crippen LogP contribution < -0.4 is 10.2 Å². The molecule has 3 nitrogen and oxygen atoms in total. The maximum absolute atomic E-state index is 10.1. The summed E-state index contributed by atoms with van der Waals surface area (Å²) < 4.78 is 0. The van der Waals surface area contributed by atoms with Crippen molar-refractivity contribution in [3.63, 3.8) is 0 Å². The molecule has 20 heavy (non-hydrogen) atoms. The molecular weight excluding hydrogens is 248 g/mol. The number of aryl methyl sites for hydroxylation is 1. The van der Waals surface area contributed by atoms with Gasteiger partial charge in [0.15, 0.2) is 0 Å². The first-order valence-electron chi connectivity index (χ1n) is 7.92. The summed E-state index contributed by atoms with van der Waals surface area (Å²) in [5, 5.41) is 13.5. The van der Waals surface area contributed by atoms with Crippen molar-refractivity contribution in [2.45, 2.75) is 39.3 Å². The van der Waals surface area contributed by atoms with Crippen LogP contribution in [0.25, 0.3) is 0 Å². The van der Waals surface area contributed by atoms with Gasteiger partial charge in [0.2, 0.25) is 0 Å². The van der Waals surface area contributed by atoms with Gasteiger partial charge in [-0.25, -0.2) is 0 Å². The molecule has 0 spiro atoms. The molecule has 0 bridgehead atoms. The van der Waals surface area contributed by atoms with E-state index in [0.717, 1.165) is 32.6 Å². The van der Waals surface area contributed by atoms with Gasteiger partial charge in [0, 0.05) is 31.2 Å². The minimum Gasteiger partial charge on any atom is -0.393 e. The fraction of sp³-hybridized carbons (Fsp3) is 0.647. The molecule has 1 saturated heterocycles. The Kier molecular flexibility index (Phi) is 3.99. The molecule has 3 rings (SSSR count). The van der Waals surface area contributed by atoms with Crippen LogP contribution in [-0.4, -0.2) is 30.8 Å². The Morgan fingerprint density at radius 3 is 2.90 bits per heavy atom. The van der Waals surface area contributed by atoms with E-state index in [0.29, 0.717) is 11.8 Å².